The first kappa shape index (κ1) is 22.3. The van der Waals surface area contributed by atoms with Crippen molar-refractivity contribution < 1.29 is 4.74 Å². The Labute approximate surface area is 201 Å². The molecule has 0 amide bonds. The quantitative estimate of drug-likeness (QED) is 0.396. The maximum Gasteiger partial charge on any atom is 0.269 e. The summed E-state index contributed by atoms with van der Waals surface area (Å²) in [5, 5.41) is 9.57. The van der Waals surface area contributed by atoms with Crippen molar-refractivity contribution in [3.8, 4) is 17.7 Å². The first-order valence-electron chi connectivity index (χ1n) is 9.64. The van der Waals surface area contributed by atoms with Crippen LogP contribution in [-0.4, -0.2) is 14.2 Å². The number of rotatable bonds is 5. The molecule has 0 fully saturated rings. The largest absolute Gasteiger partial charge is 0.439 e. The summed E-state index contributed by atoms with van der Waals surface area (Å²) in [5.74, 6) is 6.96. The minimum absolute atomic E-state index is 0.258. The predicted octanol–water partition coefficient (Wildman–Crippen LogP) is 4.12. The molecule has 2 N–H and O–H groups in total. The molecule has 0 aliphatic carbocycles. The van der Waals surface area contributed by atoms with Gasteiger partial charge in [0, 0.05) is 17.3 Å². The average molecular weight is 524 g/mol. The average Bonchev–Trinajstić information content (AvgIpc) is 2.82. The van der Waals surface area contributed by atoms with Gasteiger partial charge in [0.05, 0.1) is 12.2 Å². The lowest BCUT2D eigenvalue weighted by molar-refractivity contribution is 0.462. The zero-order chi connectivity index (χ0) is 23.4. The molecule has 33 heavy (non-hydrogen) atoms. The van der Waals surface area contributed by atoms with E-state index in [4.69, 9.17) is 27.4 Å². The van der Waals surface area contributed by atoms with Gasteiger partial charge < -0.3 is 10.6 Å². The molecule has 2 aromatic heterocycles. The van der Waals surface area contributed by atoms with Crippen LogP contribution in [-0.2, 0) is 6.54 Å². The highest BCUT2D eigenvalue weighted by atomic mass is 79.9. The monoisotopic (exact) mass is 522 g/mol. The maximum absolute atomic E-state index is 12.8. The number of ether oxygens (including phenoxy) is 1. The van der Waals surface area contributed by atoms with E-state index in [0.29, 0.717) is 26.8 Å². The van der Waals surface area contributed by atoms with Crippen molar-refractivity contribution in [2.24, 2.45) is 4.99 Å². The van der Waals surface area contributed by atoms with Crippen molar-refractivity contribution >= 4 is 33.2 Å². The Hall–Kier alpha value is -3.87. The third-order valence-corrected chi connectivity index (χ3v) is 5.35. The molecule has 0 aliphatic rings. The minimum atomic E-state index is -0.270. The first-order valence-corrected chi connectivity index (χ1v) is 10.8. The van der Waals surface area contributed by atoms with E-state index >= 15 is 0 Å². The molecule has 10 heteroatoms. The van der Waals surface area contributed by atoms with Crippen LogP contribution in [0.5, 0.6) is 11.6 Å². The second-order valence-corrected chi connectivity index (χ2v) is 8.17. The number of hydrogen-bond acceptors (Lipinski definition) is 6. The molecule has 0 aliphatic heterocycles. The van der Waals surface area contributed by atoms with Crippen molar-refractivity contribution in [2.75, 3.05) is 5.84 Å². The van der Waals surface area contributed by atoms with Crippen LogP contribution in [0.25, 0.3) is 0 Å². The Kier molecular flexibility index (Phi) is 6.58. The SMILES string of the molecule is N#Cc1cccc(Oc2ccc(/N=c3\n(N)cc(Br)c(=O)n3Cc3ccc(Cl)cc3)cc2)n1. The lowest BCUT2D eigenvalue weighted by Gasteiger charge is -2.11. The van der Waals surface area contributed by atoms with Crippen LogP contribution in [0.4, 0.5) is 5.69 Å². The molecular formula is C23H16BrClN6O2. The number of pyridine rings is 1. The van der Waals surface area contributed by atoms with Crippen LogP contribution in [0.3, 0.4) is 0 Å². The Morgan fingerprint density at radius 1 is 1.12 bits per heavy atom. The van der Waals surface area contributed by atoms with Gasteiger partial charge in [-0.25, -0.2) is 14.7 Å². The lowest BCUT2D eigenvalue weighted by Crippen LogP contribution is -2.43. The molecule has 0 radical (unpaired) electrons. The number of nitrogen functional groups attached to an aromatic ring is 1. The van der Waals surface area contributed by atoms with Crippen LogP contribution >= 0.6 is 27.5 Å². The van der Waals surface area contributed by atoms with Crippen LogP contribution in [0.15, 0.2) is 87.2 Å². The normalized spacial score (nSPS) is 11.2. The standard InChI is InChI=1S/C23H16BrClN6O2/c24-20-14-31(27)23(30(22(20)32)13-15-4-6-16(25)7-5-15)29-17-8-10-19(11-9-17)33-21-3-1-2-18(12-26)28-21/h1-11,14H,13,27H2/b29-23-. The van der Waals surface area contributed by atoms with Gasteiger partial charge in [-0.2, -0.15) is 5.26 Å². The summed E-state index contributed by atoms with van der Waals surface area (Å²) in [4.78, 5) is 21.5. The van der Waals surface area contributed by atoms with E-state index in [-0.39, 0.29) is 23.4 Å². The first-order chi connectivity index (χ1) is 15.9. The van der Waals surface area contributed by atoms with Crippen molar-refractivity contribution in [3.63, 3.8) is 0 Å². The van der Waals surface area contributed by atoms with Gasteiger partial charge in [-0.1, -0.05) is 29.8 Å². The van der Waals surface area contributed by atoms with E-state index in [1.165, 1.54) is 15.4 Å². The predicted molar refractivity (Wildman–Crippen MR) is 128 cm³/mol. The number of nitrogens with zero attached hydrogens (tertiary/aromatic N) is 5. The summed E-state index contributed by atoms with van der Waals surface area (Å²) in [7, 11) is 0. The third-order valence-electron chi connectivity index (χ3n) is 4.55. The van der Waals surface area contributed by atoms with Gasteiger partial charge in [0.2, 0.25) is 11.5 Å². The molecule has 2 aromatic carbocycles. The topological polar surface area (TPSA) is 111 Å². The molecular weight excluding hydrogens is 508 g/mol. The number of aromatic nitrogens is 3. The molecule has 8 nitrogen and oxygen atoms in total. The summed E-state index contributed by atoms with van der Waals surface area (Å²) in [6, 6.07) is 21.0. The Balaban J connectivity index is 1.68. The highest BCUT2D eigenvalue weighted by molar-refractivity contribution is 9.10. The fourth-order valence-corrected chi connectivity index (χ4v) is 3.55. The Morgan fingerprint density at radius 3 is 2.55 bits per heavy atom. The summed E-state index contributed by atoms with van der Waals surface area (Å²) in [6.45, 7) is 0.258. The van der Waals surface area contributed by atoms with Gasteiger partial charge in [0.15, 0.2) is 0 Å². The van der Waals surface area contributed by atoms with Crippen LogP contribution in [0.2, 0.25) is 5.02 Å². The smallest absolute Gasteiger partial charge is 0.269 e. The second-order valence-electron chi connectivity index (χ2n) is 6.88. The maximum atomic E-state index is 12.8. The van der Waals surface area contributed by atoms with Gasteiger partial charge in [0.25, 0.3) is 5.56 Å². The van der Waals surface area contributed by atoms with Crippen LogP contribution in [0, 0.1) is 11.3 Å². The number of nitrogens with two attached hydrogens (primary N) is 1. The second kappa shape index (κ2) is 9.73. The van der Waals surface area contributed by atoms with Crippen molar-refractivity contribution in [1.82, 2.24) is 14.2 Å². The summed E-state index contributed by atoms with van der Waals surface area (Å²) in [6.07, 6.45) is 1.46. The third kappa shape index (κ3) is 5.31. The van der Waals surface area contributed by atoms with Gasteiger partial charge in [-0.05, 0) is 64.0 Å². The lowest BCUT2D eigenvalue weighted by atomic mass is 10.2. The molecule has 164 valence electrons. The fourth-order valence-electron chi connectivity index (χ4n) is 2.99. The Bertz CT molecular complexity index is 1470. The molecule has 0 bridgehead atoms. The highest BCUT2D eigenvalue weighted by Crippen LogP contribution is 2.22. The van der Waals surface area contributed by atoms with Crippen molar-refractivity contribution in [3.05, 3.63) is 110 Å². The molecule has 4 aromatic rings. The van der Waals surface area contributed by atoms with Crippen molar-refractivity contribution in [2.45, 2.75) is 6.54 Å². The van der Waals surface area contributed by atoms with Crippen LogP contribution in [0.1, 0.15) is 11.3 Å². The fraction of sp³-hybridized carbons (Fsp3) is 0.0435. The molecule has 4 rings (SSSR count). The van der Waals surface area contributed by atoms with Gasteiger partial charge in [0.1, 0.15) is 22.0 Å². The van der Waals surface area contributed by atoms with E-state index < -0.39 is 0 Å². The van der Waals surface area contributed by atoms with Gasteiger partial charge >= 0.3 is 0 Å². The zero-order valence-corrected chi connectivity index (χ0v) is 19.4. The molecule has 0 saturated heterocycles. The van der Waals surface area contributed by atoms with Crippen molar-refractivity contribution in [1.29, 1.82) is 5.26 Å². The molecule has 0 unspecified atom stereocenters. The van der Waals surface area contributed by atoms with Gasteiger partial charge in [-0.15, -0.1) is 0 Å². The molecule has 0 spiro atoms. The van der Waals surface area contributed by atoms with E-state index in [2.05, 4.69) is 25.9 Å². The minimum Gasteiger partial charge on any atom is -0.439 e. The number of halogens is 2. The van der Waals surface area contributed by atoms with Gasteiger partial charge in [-0.3, -0.25) is 9.36 Å². The summed E-state index contributed by atoms with van der Waals surface area (Å²) >= 11 is 9.22. The number of hydrogen-bond donors (Lipinski definition) is 1. The molecule has 0 atom stereocenters. The summed E-state index contributed by atoms with van der Waals surface area (Å²) in [5.41, 5.74) is 1.68. The van der Waals surface area contributed by atoms with E-state index in [1.54, 1.807) is 54.6 Å². The van der Waals surface area contributed by atoms with E-state index in [0.717, 1.165) is 5.56 Å². The van der Waals surface area contributed by atoms with Crippen LogP contribution < -0.4 is 21.8 Å². The zero-order valence-electron chi connectivity index (χ0n) is 17.0. The molecule has 2 heterocycles. The number of nitriles is 1. The molecule has 0 saturated carbocycles. The summed E-state index contributed by atoms with van der Waals surface area (Å²) < 4.78 is 8.75. The Morgan fingerprint density at radius 2 is 1.85 bits per heavy atom. The number of benzene rings is 2. The van der Waals surface area contributed by atoms with E-state index in [9.17, 15) is 4.79 Å². The highest BCUT2D eigenvalue weighted by Gasteiger charge is 2.09. The van der Waals surface area contributed by atoms with E-state index in [1.807, 2.05) is 18.2 Å².